The van der Waals surface area contributed by atoms with Gasteiger partial charge in [-0.1, -0.05) is 41.4 Å². The van der Waals surface area contributed by atoms with Crippen LogP contribution in [0.5, 0.6) is 0 Å². The van der Waals surface area contributed by atoms with E-state index in [-0.39, 0.29) is 16.8 Å². The number of carboxylic acid groups (broad SMARTS) is 1. The maximum Gasteiger partial charge on any atom is 0.356 e. The summed E-state index contributed by atoms with van der Waals surface area (Å²) in [5.41, 5.74) is 2.03. The molecule has 0 radical (unpaired) electrons. The van der Waals surface area contributed by atoms with Crippen LogP contribution in [0.25, 0.3) is 0 Å². The molecule has 0 aliphatic heterocycles. The summed E-state index contributed by atoms with van der Waals surface area (Å²) >= 11 is 15.5. The van der Waals surface area contributed by atoms with Crippen molar-refractivity contribution in [3.8, 4) is 0 Å². The summed E-state index contributed by atoms with van der Waals surface area (Å²) in [6.07, 6.45) is 0.375. The number of nitrogens with zero attached hydrogens (tertiary/aromatic N) is 2. The van der Waals surface area contributed by atoms with E-state index in [0.717, 1.165) is 11.1 Å². The molecule has 0 bridgehead atoms. The number of aromatic carboxylic acids is 1. The van der Waals surface area contributed by atoms with Crippen molar-refractivity contribution < 1.29 is 19.0 Å². The van der Waals surface area contributed by atoms with Crippen molar-refractivity contribution in [3.63, 3.8) is 0 Å². The normalized spacial score (nSPS) is 13.2. The monoisotopic (exact) mass is 528 g/mol. The summed E-state index contributed by atoms with van der Waals surface area (Å²) in [7, 11) is 1.58. The first-order valence-corrected chi connectivity index (χ1v) is 11.0. The van der Waals surface area contributed by atoms with Gasteiger partial charge in [-0.25, -0.2) is 14.2 Å². The van der Waals surface area contributed by atoms with E-state index >= 15 is 0 Å². The van der Waals surface area contributed by atoms with E-state index in [2.05, 4.69) is 20.9 Å². The van der Waals surface area contributed by atoms with Gasteiger partial charge in [-0.05, 0) is 64.7 Å². The Morgan fingerprint density at radius 2 is 1.94 bits per heavy atom. The molecule has 0 amide bonds. The van der Waals surface area contributed by atoms with Crippen molar-refractivity contribution in [1.82, 2.24) is 9.55 Å². The molecule has 5 nitrogen and oxygen atoms in total. The minimum Gasteiger partial charge on any atom is -0.476 e. The van der Waals surface area contributed by atoms with E-state index < -0.39 is 17.7 Å². The molecule has 0 aliphatic carbocycles. The minimum atomic E-state index is -1.14. The van der Waals surface area contributed by atoms with Crippen LogP contribution >= 0.6 is 39.1 Å². The van der Waals surface area contributed by atoms with Crippen LogP contribution in [-0.2, 0) is 11.2 Å². The van der Waals surface area contributed by atoms with Gasteiger partial charge in [0.1, 0.15) is 5.82 Å². The van der Waals surface area contributed by atoms with Crippen LogP contribution in [0.4, 0.5) is 4.39 Å². The lowest BCUT2D eigenvalue weighted by atomic mass is 9.87. The van der Waals surface area contributed by atoms with Gasteiger partial charge in [0.15, 0.2) is 10.4 Å². The number of carbonyl (C=O) groups is 1. The average Bonchev–Trinajstić information content (AvgIpc) is 3.07. The number of carboxylic acids is 1. The van der Waals surface area contributed by atoms with Gasteiger partial charge in [-0.3, -0.25) is 0 Å². The third-order valence-corrected chi connectivity index (χ3v) is 6.08. The van der Waals surface area contributed by atoms with Crippen LogP contribution in [0.15, 0.2) is 47.2 Å². The molecule has 1 N–H and O–H groups in total. The Hall–Kier alpha value is -1.93. The summed E-state index contributed by atoms with van der Waals surface area (Å²) in [5, 5.41) is 10.5. The number of halogens is 4. The third-order valence-electron chi connectivity index (χ3n) is 4.98. The Morgan fingerprint density at radius 3 is 2.52 bits per heavy atom. The van der Waals surface area contributed by atoms with Crippen molar-refractivity contribution in [2.75, 3.05) is 13.7 Å². The van der Waals surface area contributed by atoms with Crippen LogP contribution in [0, 0.1) is 5.82 Å². The molecule has 0 aliphatic rings. The molecule has 2 atom stereocenters. The zero-order chi connectivity index (χ0) is 22.7. The van der Waals surface area contributed by atoms with E-state index in [9.17, 15) is 14.3 Å². The second-order valence-corrected chi connectivity index (χ2v) is 8.70. The van der Waals surface area contributed by atoms with Crippen LogP contribution in [0.2, 0.25) is 10.0 Å². The third kappa shape index (κ3) is 5.29. The number of imidazole rings is 1. The topological polar surface area (TPSA) is 64.4 Å². The highest BCUT2D eigenvalue weighted by Crippen LogP contribution is 2.36. The first-order chi connectivity index (χ1) is 14.7. The van der Waals surface area contributed by atoms with E-state index in [4.69, 9.17) is 27.9 Å². The standard InChI is InChI=1S/C22H20BrCl2FN2O3/c1-12(11-31-2)28-20(19(21(29)30)27-22(28)23)16(14-4-6-15(24)7-5-14)9-13-3-8-18(26)17(25)10-13/h3-8,10,12,16H,9,11H2,1-2H3,(H,29,30)/t12-,16?/m1/s1. The maximum absolute atomic E-state index is 13.7. The molecule has 31 heavy (non-hydrogen) atoms. The van der Waals surface area contributed by atoms with E-state index in [1.807, 2.05) is 23.6 Å². The molecule has 0 saturated heterocycles. The average molecular weight is 530 g/mol. The number of methoxy groups -OCH3 is 1. The van der Waals surface area contributed by atoms with Crippen LogP contribution < -0.4 is 0 Å². The second kappa shape index (κ2) is 10.1. The highest BCUT2D eigenvalue weighted by Gasteiger charge is 2.31. The fourth-order valence-corrected chi connectivity index (χ4v) is 4.66. The molecule has 1 heterocycles. The first-order valence-electron chi connectivity index (χ1n) is 9.42. The van der Waals surface area contributed by atoms with Crippen molar-refractivity contribution in [3.05, 3.63) is 85.6 Å². The summed E-state index contributed by atoms with van der Waals surface area (Å²) in [4.78, 5) is 16.4. The number of hydrogen-bond donors (Lipinski definition) is 1. The molecular formula is C22H20BrCl2FN2O3. The molecule has 1 aromatic heterocycles. The van der Waals surface area contributed by atoms with Gasteiger partial charge < -0.3 is 14.4 Å². The van der Waals surface area contributed by atoms with Gasteiger partial charge in [-0.2, -0.15) is 0 Å². The summed E-state index contributed by atoms with van der Waals surface area (Å²) in [5.74, 6) is -2.07. The highest BCUT2D eigenvalue weighted by molar-refractivity contribution is 9.10. The van der Waals surface area contributed by atoms with Crippen LogP contribution in [-0.4, -0.2) is 34.3 Å². The molecule has 164 valence electrons. The minimum absolute atomic E-state index is 0.00764. The zero-order valence-electron chi connectivity index (χ0n) is 16.8. The van der Waals surface area contributed by atoms with Crippen molar-refractivity contribution in [2.24, 2.45) is 0 Å². The molecular weight excluding hydrogens is 510 g/mol. The summed E-state index contributed by atoms with van der Waals surface area (Å²) in [6, 6.07) is 11.5. The van der Waals surface area contributed by atoms with Crippen molar-refractivity contribution in [1.29, 1.82) is 0 Å². The number of rotatable bonds is 8. The first kappa shape index (κ1) is 23.7. The molecule has 0 fully saturated rings. The maximum atomic E-state index is 13.7. The fourth-order valence-electron chi connectivity index (χ4n) is 3.61. The SMILES string of the molecule is COC[C@@H](C)n1c(Br)nc(C(=O)O)c1C(Cc1ccc(F)c(Cl)c1)c1ccc(Cl)cc1. The predicted octanol–water partition coefficient (Wildman–Crippen LogP) is 6.37. The lowest BCUT2D eigenvalue weighted by Gasteiger charge is -2.24. The Kier molecular flexibility index (Phi) is 7.75. The van der Waals surface area contributed by atoms with Gasteiger partial charge in [-0.15, -0.1) is 0 Å². The van der Waals surface area contributed by atoms with Crippen molar-refractivity contribution >= 4 is 45.1 Å². The van der Waals surface area contributed by atoms with E-state index in [1.54, 1.807) is 31.4 Å². The second-order valence-electron chi connectivity index (χ2n) is 7.15. The lowest BCUT2D eigenvalue weighted by Crippen LogP contribution is -2.20. The van der Waals surface area contributed by atoms with E-state index in [1.165, 1.54) is 6.07 Å². The summed E-state index contributed by atoms with van der Waals surface area (Å²) < 4.78 is 21.2. The Labute approximate surface area is 197 Å². The van der Waals surface area contributed by atoms with Gasteiger partial charge in [0, 0.05) is 18.1 Å². The molecule has 9 heteroatoms. The van der Waals surface area contributed by atoms with Crippen LogP contribution in [0.3, 0.4) is 0 Å². The van der Waals surface area contributed by atoms with Crippen molar-refractivity contribution in [2.45, 2.75) is 25.3 Å². The van der Waals surface area contributed by atoms with Gasteiger partial charge in [0.25, 0.3) is 0 Å². The molecule has 3 aromatic rings. The molecule has 3 rings (SSSR count). The molecule has 0 saturated carbocycles. The Balaban J connectivity index is 2.22. The van der Waals surface area contributed by atoms with Crippen LogP contribution in [0.1, 0.15) is 46.2 Å². The zero-order valence-corrected chi connectivity index (χ0v) is 19.9. The number of ether oxygens (including phenoxy) is 1. The fraction of sp³-hybridized carbons (Fsp3) is 0.273. The number of benzene rings is 2. The largest absolute Gasteiger partial charge is 0.476 e. The highest BCUT2D eigenvalue weighted by atomic mass is 79.9. The Morgan fingerprint density at radius 1 is 1.26 bits per heavy atom. The summed E-state index contributed by atoms with van der Waals surface area (Å²) in [6.45, 7) is 2.27. The van der Waals surface area contributed by atoms with Gasteiger partial charge >= 0.3 is 5.97 Å². The smallest absolute Gasteiger partial charge is 0.356 e. The van der Waals surface area contributed by atoms with Gasteiger partial charge in [0.2, 0.25) is 0 Å². The lowest BCUT2D eigenvalue weighted by molar-refractivity contribution is 0.0688. The predicted molar refractivity (Wildman–Crippen MR) is 122 cm³/mol. The number of aromatic nitrogens is 2. The molecule has 2 aromatic carbocycles. The molecule has 1 unspecified atom stereocenters. The molecule has 0 spiro atoms. The van der Waals surface area contributed by atoms with Gasteiger partial charge in [0.05, 0.1) is 23.4 Å². The number of hydrogen-bond acceptors (Lipinski definition) is 3. The quantitative estimate of drug-likeness (QED) is 0.368. The Bertz CT molecular complexity index is 1090. The van der Waals surface area contributed by atoms with E-state index in [0.29, 0.717) is 28.5 Å².